The molecule has 0 spiro atoms. The van der Waals surface area contributed by atoms with Gasteiger partial charge in [0.15, 0.2) is 0 Å². The zero-order valence-electron chi connectivity index (χ0n) is 11.4. The largest absolute Gasteiger partial charge is 0.390 e. The van der Waals surface area contributed by atoms with Gasteiger partial charge in [0, 0.05) is 12.2 Å². The smallest absolute Gasteiger partial charge is 0.133 e. The summed E-state index contributed by atoms with van der Waals surface area (Å²) in [7, 11) is 0. The van der Waals surface area contributed by atoms with Crippen LogP contribution in [0, 0.1) is 6.92 Å². The Hall–Kier alpha value is -1.58. The first-order valence-electron chi connectivity index (χ1n) is 6.82. The van der Waals surface area contributed by atoms with Gasteiger partial charge >= 0.3 is 0 Å². The molecule has 0 radical (unpaired) electrons. The van der Waals surface area contributed by atoms with Gasteiger partial charge in [0.25, 0.3) is 0 Å². The second-order valence-corrected chi connectivity index (χ2v) is 5.55. The molecular weight excluding hydrogens is 272 g/mol. The van der Waals surface area contributed by atoms with E-state index in [0.29, 0.717) is 10.7 Å². The summed E-state index contributed by atoms with van der Waals surface area (Å²) in [6, 6.07) is 10.2. The summed E-state index contributed by atoms with van der Waals surface area (Å²) < 4.78 is 0. The third kappa shape index (κ3) is 2.39. The normalized spacial score (nSPS) is 14.2. The number of aryl methyl sites for hydroxylation is 2. The minimum atomic E-state index is -0.138. The zero-order valence-corrected chi connectivity index (χ0v) is 12.2. The van der Waals surface area contributed by atoms with Gasteiger partial charge in [-0.25, -0.2) is 4.98 Å². The quantitative estimate of drug-likeness (QED) is 0.917. The molecular formula is C16H17ClN2O. The van der Waals surface area contributed by atoms with Crippen LogP contribution in [0.25, 0.3) is 0 Å². The van der Waals surface area contributed by atoms with Crippen LogP contribution in [0.2, 0.25) is 5.02 Å². The molecule has 1 aliphatic heterocycles. The number of anilines is 2. The van der Waals surface area contributed by atoms with Crippen molar-refractivity contribution in [1.82, 2.24) is 4.98 Å². The molecule has 1 aromatic heterocycles. The summed E-state index contributed by atoms with van der Waals surface area (Å²) in [5, 5.41) is 9.82. The van der Waals surface area contributed by atoms with Crippen molar-refractivity contribution in [2.75, 3.05) is 11.4 Å². The molecule has 1 aliphatic rings. The summed E-state index contributed by atoms with van der Waals surface area (Å²) >= 11 is 6.02. The Morgan fingerprint density at radius 1 is 1.30 bits per heavy atom. The molecule has 0 atom stereocenters. The summed E-state index contributed by atoms with van der Waals surface area (Å²) in [5.74, 6) is 0.850. The predicted octanol–water partition coefficient (Wildman–Crippen LogP) is 3.62. The zero-order chi connectivity index (χ0) is 14.1. The molecule has 3 nitrogen and oxygen atoms in total. The van der Waals surface area contributed by atoms with Gasteiger partial charge in [0.05, 0.1) is 17.3 Å². The Balaban J connectivity index is 2.04. The molecule has 0 aliphatic carbocycles. The monoisotopic (exact) mass is 288 g/mol. The lowest BCUT2D eigenvalue weighted by atomic mass is 9.99. The van der Waals surface area contributed by atoms with Gasteiger partial charge < -0.3 is 10.0 Å². The number of pyridine rings is 1. The minimum Gasteiger partial charge on any atom is -0.390 e. The SMILES string of the molecule is Cc1ccc2c(c1)CCCN2c1ccc(Cl)c(CO)n1. The van der Waals surface area contributed by atoms with Gasteiger partial charge in [-0.3, -0.25) is 0 Å². The first-order chi connectivity index (χ1) is 9.69. The van der Waals surface area contributed by atoms with E-state index in [4.69, 9.17) is 11.6 Å². The maximum atomic E-state index is 9.31. The maximum absolute atomic E-state index is 9.31. The van der Waals surface area contributed by atoms with E-state index in [-0.39, 0.29) is 6.61 Å². The number of rotatable bonds is 2. The topological polar surface area (TPSA) is 36.4 Å². The number of halogens is 1. The first kappa shape index (κ1) is 13.4. The molecule has 20 heavy (non-hydrogen) atoms. The van der Waals surface area contributed by atoms with Crippen molar-refractivity contribution in [3.05, 3.63) is 52.2 Å². The highest BCUT2D eigenvalue weighted by molar-refractivity contribution is 6.31. The number of nitrogens with zero attached hydrogens (tertiary/aromatic N) is 2. The van der Waals surface area contributed by atoms with Gasteiger partial charge in [-0.15, -0.1) is 0 Å². The van der Waals surface area contributed by atoms with E-state index in [0.717, 1.165) is 25.2 Å². The second-order valence-electron chi connectivity index (χ2n) is 5.14. The Kier molecular flexibility index (Phi) is 3.64. The number of aliphatic hydroxyl groups is 1. The summed E-state index contributed by atoms with van der Waals surface area (Å²) in [6.07, 6.45) is 2.21. The van der Waals surface area contributed by atoms with E-state index >= 15 is 0 Å². The van der Waals surface area contributed by atoms with Crippen LogP contribution in [0.3, 0.4) is 0 Å². The van der Waals surface area contributed by atoms with Crippen molar-refractivity contribution in [2.24, 2.45) is 0 Å². The molecule has 4 heteroatoms. The Labute approximate surface area is 123 Å². The van der Waals surface area contributed by atoms with Gasteiger partial charge in [-0.05, 0) is 43.5 Å². The van der Waals surface area contributed by atoms with Gasteiger partial charge in [0.2, 0.25) is 0 Å². The van der Waals surface area contributed by atoms with Gasteiger partial charge in [-0.2, -0.15) is 0 Å². The molecule has 0 fully saturated rings. The molecule has 1 aromatic carbocycles. The first-order valence-corrected chi connectivity index (χ1v) is 7.20. The maximum Gasteiger partial charge on any atom is 0.133 e. The summed E-state index contributed by atoms with van der Waals surface area (Å²) in [5.41, 5.74) is 4.38. The number of aromatic nitrogens is 1. The van der Waals surface area contributed by atoms with Crippen LogP contribution in [0.15, 0.2) is 30.3 Å². The van der Waals surface area contributed by atoms with E-state index in [9.17, 15) is 5.11 Å². The van der Waals surface area contributed by atoms with Crippen LogP contribution in [0.5, 0.6) is 0 Å². The Bertz CT molecular complexity index is 642. The highest BCUT2D eigenvalue weighted by atomic mass is 35.5. The van der Waals surface area contributed by atoms with Crippen LogP contribution < -0.4 is 4.90 Å². The van der Waals surface area contributed by atoms with E-state index in [1.165, 1.54) is 16.8 Å². The highest BCUT2D eigenvalue weighted by Gasteiger charge is 2.19. The van der Waals surface area contributed by atoms with Crippen LogP contribution in [-0.2, 0) is 13.0 Å². The van der Waals surface area contributed by atoms with Gasteiger partial charge in [-0.1, -0.05) is 29.3 Å². The number of benzene rings is 1. The van der Waals surface area contributed by atoms with Crippen molar-refractivity contribution in [3.63, 3.8) is 0 Å². The fourth-order valence-corrected chi connectivity index (χ4v) is 2.86. The Morgan fingerprint density at radius 3 is 2.95 bits per heavy atom. The fourth-order valence-electron chi connectivity index (χ4n) is 2.70. The van der Waals surface area contributed by atoms with Crippen molar-refractivity contribution >= 4 is 23.1 Å². The lowest BCUT2D eigenvalue weighted by Crippen LogP contribution is -2.25. The van der Waals surface area contributed by atoms with Crippen LogP contribution in [0.1, 0.15) is 23.2 Å². The van der Waals surface area contributed by atoms with E-state index < -0.39 is 0 Å². The summed E-state index contributed by atoms with van der Waals surface area (Å²) in [4.78, 5) is 6.68. The molecule has 1 N–H and O–H groups in total. The molecule has 2 aromatic rings. The van der Waals surface area contributed by atoms with Crippen molar-refractivity contribution in [2.45, 2.75) is 26.4 Å². The molecule has 2 heterocycles. The van der Waals surface area contributed by atoms with E-state index in [1.807, 2.05) is 6.07 Å². The van der Waals surface area contributed by atoms with Crippen LogP contribution in [0.4, 0.5) is 11.5 Å². The molecule has 0 saturated heterocycles. The van der Waals surface area contributed by atoms with Crippen LogP contribution >= 0.6 is 11.6 Å². The molecule has 0 bridgehead atoms. The third-order valence-electron chi connectivity index (χ3n) is 3.68. The number of hydrogen-bond acceptors (Lipinski definition) is 3. The van der Waals surface area contributed by atoms with Crippen molar-refractivity contribution in [1.29, 1.82) is 0 Å². The average molecular weight is 289 g/mol. The standard InChI is InChI=1S/C16H17ClN2O/c1-11-4-6-15-12(9-11)3-2-8-19(15)16-7-5-13(17)14(10-20)18-16/h4-7,9,20H,2-3,8,10H2,1H3. The molecule has 3 rings (SSSR count). The third-order valence-corrected chi connectivity index (χ3v) is 4.03. The number of fused-ring (bicyclic) bond motifs is 1. The van der Waals surface area contributed by atoms with E-state index in [1.54, 1.807) is 6.07 Å². The Morgan fingerprint density at radius 2 is 2.15 bits per heavy atom. The lowest BCUT2D eigenvalue weighted by molar-refractivity contribution is 0.277. The fraction of sp³-hybridized carbons (Fsp3) is 0.312. The summed E-state index contributed by atoms with van der Waals surface area (Å²) in [6.45, 7) is 2.92. The van der Waals surface area contributed by atoms with Crippen LogP contribution in [-0.4, -0.2) is 16.6 Å². The molecule has 0 unspecified atom stereocenters. The number of aliphatic hydroxyl groups excluding tert-OH is 1. The highest BCUT2D eigenvalue weighted by Crippen LogP contribution is 2.33. The van der Waals surface area contributed by atoms with Crippen molar-refractivity contribution in [3.8, 4) is 0 Å². The lowest BCUT2D eigenvalue weighted by Gasteiger charge is -2.31. The number of hydrogen-bond donors (Lipinski definition) is 1. The minimum absolute atomic E-state index is 0.138. The molecule has 0 saturated carbocycles. The van der Waals surface area contributed by atoms with E-state index in [2.05, 4.69) is 35.0 Å². The molecule has 0 amide bonds. The van der Waals surface area contributed by atoms with Gasteiger partial charge in [0.1, 0.15) is 5.82 Å². The van der Waals surface area contributed by atoms with Crippen molar-refractivity contribution < 1.29 is 5.11 Å². The molecule has 104 valence electrons. The second kappa shape index (κ2) is 5.43. The average Bonchev–Trinajstić information content (AvgIpc) is 2.47. The predicted molar refractivity (Wildman–Crippen MR) is 81.7 cm³/mol.